The first kappa shape index (κ1) is 14.0. The van der Waals surface area contributed by atoms with Crippen LogP contribution in [0.25, 0.3) is 0 Å². The zero-order chi connectivity index (χ0) is 14.9. The maximum absolute atomic E-state index is 13.4. The summed E-state index contributed by atoms with van der Waals surface area (Å²) in [5.41, 5.74) is 2.18. The van der Waals surface area contributed by atoms with Crippen molar-refractivity contribution in [1.29, 1.82) is 0 Å². The molecule has 0 atom stereocenters. The lowest BCUT2D eigenvalue weighted by molar-refractivity contribution is -0.384. The fourth-order valence-corrected chi connectivity index (χ4v) is 1.98. The minimum Gasteiger partial charge on any atom is -0.375 e. The van der Waals surface area contributed by atoms with E-state index in [1.807, 2.05) is 13.1 Å². The van der Waals surface area contributed by atoms with Crippen LogP contribution >= 0.6 is 0 Å². The van der Waals surface area contributed by atoms with Gasteiger partial charge in [-0.1, -0.05) is 0 Å². The van der Waals surface area contributed by atoms with Crippen LogP contribution in [0.4, 0.5) is 15.8 Å². The number of nitro groups is 1. The highest BCUT2D eigenvalue weighted by molar-refractivity contribution is 5.63. The van der Waals surface area contributed by atoms with Crippen LogP contribution in [0.5, 0.6) is 0 Å². The summed E-state index contributed by atoms with van der Waals surface area (Å²) in [5, 5.41) is 18.1. The van der Waals surface area contributed by atoms with Gasteiger partial charge < -0.3 is 5.32 Å². The third-order valence-electron chi connectivity index (χ3n) is 3.06. The van der Waals surface area contributed by atoms with E-state index in [-0.39, 0.29) is 5.69 Å². The van der Waals surface area contributed by atoms with E-state index in [0.717, 1.165) is 17.3 Å². The van der Waals surface area contributed by atoms with Gasteiger partial charge in [-0.3, -0.25) is 14.8 Å². The van der Waals surface area contributed by atoms with E-state index in [9.17, 15) is 14.5 Å². The van der Waals surface area contributed by atoms with E-state index in [1.54, 1.807) is 18.7 Å². The summed E-state index contributed by atoms with van der Waals surface area (Å²) < 4.78 is 15.1. The standard InChI is InChI=1S/C13H15FN4O2/c1-8-4-12(13(18(19)20)5-11(8)14)15-6-10-7-17(3)16-9(10)2/h4-5,7,15H,6H2,1-3H3. The third-order valence-corrected chi connectivity index (χ3v) is 3.06. The third kappa shape index (κ3) is 2.76. The highest BCUT2D eigenvalue weighted by atomic mass is 19.1. The molecule has 0 aliphatic heterocycles. The molecule has 0 fully saturated rings. The molecule has 2 aromatic rings. The minimum atomic E-state index is -0.596. The molecule has 0 saturated carbocycles. The molecule has 2 rings (SSSR count). The number of halogens is 1. The summed E-state index contributed by atoms with van der Waals surface area (Å²) in [5.74, 6) is -0.584. The van der Waals surface area contributed by atoms with Gasteiger partial charge in [0.25, 0.3) is 5.69 Å². The number of hydrogen-bond acceptors (Lipinski definition) is 4. The van der Waals surface area contributed by atoms with E-state index in [0.29, 0.717) is 17.8 Å². The van der Waals surface area contributed by atoms with E-state index < -0.39 is 10.7 Å². The Balaban J connectivity index is 2.27. The molecule has 0 aliphatic rings. The summed E-state index contributed by atoms with van der Waals surface area (Å²) >= 11 is 0. The van der Waals surface area contributed by atoms with Crippen LogP contribution in [-0.4, -0.2) is 14.7 Å². The molecule has 1 aromatic carbocycles. The zero-order valence-corrected chi connectivity index (χ0v) is 11.5. The van der Waals surface area contributed by atoms with Crippen molar-refractivity contribution in [2.24, 2.45) is 7.05 Å². The van der Waals surface area contributed by atoms with E-state index in [4.69, 9.17) is 0 Å². The van der Waals surface area contributed by atoms with Crippen molar-refractivity contribution in [3.8, 4) is 0 Å². The van der Waals surface area contributed by atoms with Crippen molar-refractivity contribution in [3.63, 3.8) is 0 Å². The van der Waals surface area contributed by atoms with E-state index >= 15 is 0 Å². The summed E-state index contributed by atoms with van der Waals surface area (Å²) in [4.78, 5) is 10.4. The van der Waals surface area contributed by atoms with Gasteiger partial charge in [0.05, 0.1) is 16.7 Å². The second-order valence-corrected chi connectivity index (χ2v) is 4.64. The highest BCUT2D eigenvalue weighted by Crippen LogP contribution is 2.28. The minimum absolute atomic E-state index is 0.269. The van der Waals surface area contributed by atoms with Gasteiger partial charge in [-0.15, -0.1) is 0 Å². The van der Waals surface area contributed by atoms with Gasteiger partial charge in [0, 0.05) is 25.4 Å². The SMILES string of the molecule is Cc1cc(NCc2cn(C)nc2C)c([N+](=O)[O-])cc1F. The molecular formula is C13H15FN4O2. The average Bonchev–Trinajstić information content (AvgIpc) is 2.68. The van der Waals surface area contributed by atoms with Crippen molar-refractivity contribution >= 4 is 11.4 Å². The van der Waals surface area contributed by atoms with E-state index in [2.05, 4.69) is 10.4 Å². The Kier molecular flexibility index (Phi) is 3.69. The number of hydrogen-bond donors (Lipinski definition) is 1. The van der Waals surface area contributed by atoms with Gasteiger partial charge in [-0.05, 0) is 25.5 Å². The number of aryl methyl sites for hydroxylation is 3. The maximum atomic E-state index is 13.4. The Labute approximate surface area is 115 Å². The summed E-state index contributed by atoms with van der Waals surface area (Å²) in [7, 11) is 1.81. The van der Waals surface area contributed by atoms with Gasteiger partial charge in [0.15, 0.2) is 0 Å². The van der Waals surface area contributed by atoms with Gasteiger partial charge in [-0.2, -0.15) is 5.10 Å². The molecule has 20 heavy (non-hydrogen) atoms. The number of anilines is 1. The quantitative estimate of drug-likeness (QED) is 0.689. The lowest BCUT2D eigenvalue weighted by Gasteiger charge is -2.08. The number of rotatable bonds is 4. The number of nitrogens with zero attached hydrogens (tertiary/aromatic N) is 3. The maximum Gasteiger partial charge on any atom is 0.295 e. The zero-order valence-electron chi connectivity index (χ0n) is 11.5. The van der Waals surface area contributed by atoms with Crippen LogP contribution < -0.4 is 5.32 Å². The van der Waals surface area contributed by atoms with Crippen LogP contribution in [0.1, 0.15) is 16.8 Å². The number of nitro benzene ring substituents is 1. The summed E-state index contributed by atoms with van der Waals surface area (Å²) in [6.45, 7) is 3.83. The van der Waals surface area contributed by atoms with Gasteiger partial charge in [0.2, 0.25) is 0 Å². The molecule has 7 heteroatoms. The molecule has 0 unspecified atom stereocenters. The number of benzene rings is 1. The summed E-state index contributed by atoms with van der Waals surface area (Å²) in [6.07, 6.45) is 1.84. The fraction of sp³-hybridized carbons (Fsp3) is 0.308. The molecule has 0 spiro atoms. The Morgan fingerprint density at radius 1 is 1.45 bits per heavy atom. The molecule has 106 valence electrons. The lowest BCUT2D eigenvalue weighted by Crippen LogP contribution is -2.04. The fourth-order valence-electron chi connectivity index (χ4n) is 1.98. The molecule has 0 radical (unpaired) electrons. The number of aromatic nitrogens is 2. The van der Waals surface area contributed by atoms with E-state index in [1.165, 1.54) is 6.07 Å². The van der Waals surface area contributed by atoms with Gasteiger partial charge in [0.1, 0.15) is 11.5 Å². The molecular weight excluding hydrogens is 263 g/mol. The molecule has 0 bridgehead atoms. The van der Waals surface area contributed by atoms with Crippen molar-refractivity contribution in [1.82, 2.24) is 9.78 Å². The van der Waals surface area contributed by atoms with Crippen LogP contribution in [-0.2, 0) is 13.6 Å². The first-order chi connectivity index (χ1) is 9.38. The molecule has 1 heterocycles. The molecule has 0 saturated heterocycles. The van der Waals surface area contributed by atoms with Crippen LogP contribution in [0, 0.1) is 29.8 Å². The monoisotopic (exact) mass is 278 g/mol. The van der Waals surface area contributed by atoms with Crippen molar-refractivity contribution < 1.29 is 9.31 Å². The molecule has 1 N–H and O–H groups in total. The van der Waals surface area contributed by atoms with Gasteiger partial charge >= 0.3 is 0 Å². The number of nitrogens with one attached hydrogen (secondary N) is 1. The molecule has 1 aromatic heterocycles. The Bertz CT molecular complexity index is 667. The molecule has 0 amide bonds. The van der Waals surface area contributed by atoms with Crippen LogP contribution in [0.2, 0.25) is 0 Å². The Morgan fingerprint density at radius 3 is 2.70 bits per heavy atom. The second kappa shape index (κ2) is 5.28. The predicted molar refractivity (Wildman–Crippen MR) is 73.1 cm³/mol. The Hall–Kier alpha value is -2.44. The first-order valence-corrected chi connectivity index (χ1v) is 6.06. The topological polar surface area (TPSA) is 73.0 Å². The molecule has 0 aliphatic carbocycles. The smallest absolute Gasteiger partial charge is 0.295 e. The van der Waals surface area contributed by atoms with Crippen molar-refractivity contribution in [2.75, 3.05) is 5.32 Å². The van der Waals surface area contributed by atoms with Crippen LogP contribution in [0.15, 0.2) is 18.3 Å². The average molecular weight is 278 g/mol. The summed E-state index contributed by atoms with van der Waals surface area (Å²) in [6, 6.07) is 2.38. The van der Waals surface area contributed by atoms with Gasteiger partial charge in [-0.25, -0.2) is 4.39 Å². The normalized spacial score (nSPS) is 10.6. The predicted octanol–water partition coefficient (Wildman–Crippen LogP) is 2.70. The van der Waals surface area contributed by atoms with Crippen molar-refractivity contribution in [3.05, 3.63) is 51.1 Å². The lowest BCUT2D eigenvalue weighted by atomic mass is 10.1. The first-order valence-electron chi connectivity index (χ1n) is 6.06. The van der Waals surface area contributed by atoms with Crippen molar-refractivity contribution in [2.45, 2.75) is 20.4 Å². The largest absolute Gasteiger partial charge is 0.375 e. The Morgan fingerprint density at radius 2 is 2.15 bits per heavy atom. The second-order valence-electron chi connectivity index (χ2n) is 4.64. The molecule has 6 nitrogen and oxygen atoms in total. The highest BCUT2D eigenvalue weighted by Gasteiger charge is 2.17. The van der Waals surface area contributed by atoms with Crippen LogP contribution in [0.3, 0.4) is 0 Å².